The maximum atomic E-state index is 13.8. The number of aliphatic hydroxyl groups is 1. The predicted octanol–water partition coefficient (Wildman–Crippen LogP) is 2.06. The molecule has 3 aromatic rings. The number of nitrogen functional groups attached to an aromatic ring is 1. The lowest BCUT2D eigenvalue weighted by Gasteiger charge is -2.25. The minimum absolute atomic E-state index is 0.0429. The molecule has 0 aliphatic carbocycles. The summed E-state index contributed by atoms with van der Waals surface area (Å²) in [5, 5.41) is 16.6. The fraction of sp³-hybridized carbons (Fsp3) is 0.417. The number of hydrogen-bond donors (Lipinski definition) is 4. The Morgan fingerprint density at radius 3 is 2.77 bits per heavy atom. The number of terminal acetylenes is 1. The number of para-hydroxylation sites is 1. The van der Waals surface area contributed by atoms with Gasteiger partial charge < -0.3 is 30.2 Å². The standard InChI is InChI=1S/C24H29ClN7O7P/c1-5-24(25)18(33)16(38-22(24)32-13-28-17-19(27-4)29-23(26)30-20(17)32)12-37-40(35,31-14(3)21(34)36-6-2)39-15-10-8-7-9-11-15/h1,7-11,13-14,16,18,22,33H,6,12H2,2-4H3,(H,31,35)(H3,26,27,29,30)/t14?,16-,18-,22-,24-,40-/m1/s1. The zero-order valence-electron chi connectivity index (χ0n) is 21.9. The van der Waals surface area contributed by atoms with Gasteiger partial charge in [-0.2, -0.15) is 15.1 Å². The van der Waals surface area contributed by atoms with E-state index < -0.39 is 49.7 Å². The van der Waals surface area contributed by atoms with Crippen molar-refractivity contribution in [1.29, 1.82) is 0 Å². The Morgan fingerprint density at radius 2 is 2.12 bits per heavy atom. The molecule has 0 bridgehead atoms. The number of halogens is 1. The van der Waals surface area contributed by atoms with Crippen molar-refractivity contribution in [2.45, 2.75) is 43.2 Å². The van der Waals surface area contributed by atoms with E-state index in [-0.39, 0.29) is 24.0 Å². The highest BCUT2D eigenvalue weighted by Crippen LogP contribution is 2.48. The maximum absolute atomic E-state index is 13.8. The van der Waals surface area contributed by atoms with E-state index >= 15 is 0 Å². The van der Waals surface area contributed by atoms with Gasteiger partial charge in [-0.25, -0.2) is 9.55 Å². The van der Waals surface area contributed by atoms with Crippen molar-refractivity contribution in [3.05, 3.63) is 36.7 Å². The summed E-state index contributed by atoms with van der Waals surface area (Å²) in [7, 11) is -2.60. The van der Waals surface area contributed by atoms with Crippen molar-refractivity contribution in [2.75, 3.05) is 31.3 Å². The second-order valence-corrected chi connectivity index (χ2v) is 11.0. The van der Waals surface area contributed by atoms with Crippen LogP contribution in [-0.2, 0) is 23.4 Å². The van der Waals surface area contributed by atoms with Crippen LogP contribution in [0.15, 0.2) is 36.7 Å². The summed E-state index contributed by atoms with van der Waals surface area (Å²) in [5.41, 5.74) is 6.46. The average molecular weight is 594 g/mol. The van der Waals surface area contributed by atoms with Crippen LogP contribution in [0.1, 0.15) is 20.1 Å². The minimum atomic E-state index is -4.24. The van der Waals surface area contributed by atoms with Crippen LogP contribution in [0, 0.1) is 12.3 Å². The van der Waals surface area contributed by atoms with E-state index in [4.69, 9.17) is 42.3 Å². The highest BCUT2D eigenvalue weighted by atomic mass is 35.5. The highest BCUT2D eigenvalue weighted by molar-refractivity contribution is 7.52. The lowest BCUT2D eigenvalue weighted by atomic mass is 9.99. The largest absolute Gasteiger partial charge is 0.465 e. The molecule has 1 fully saturated rings. The fourth-order valence-electron chi connectivity index (χ4n) is 4.03. The second kappa shape index (κ2) is 12.0. The van der Waals surface area contributed by atoms with Gasteiger partial charge in [-0.15, -0.1) is 6.42 Å². The number of benzene rings is 1. The molecule has 214 valence electrons. The van der Waals surface area contributed by atoms with Crippen molar-refractivity contribution in [3.63, 3.8) is 0 Å². The number of nitrogens with one attached hydrogen (secondary N) is 2. The summed E-state index contributed by atoms with van der Waals surface area (Å²) in [6.07, 6.45) is 3.25. The quantitative estimate of drug-likeness (QED) is 0.110. The molecule has 0 radical (unpaired) electrons. The number of aliphatic hydroxyl groups excluding tert-OH is 1. The molecule has 1 aliphatic rings. The normalized spacial score (nSPS) is 24.6. The third kappa shape index (κ3) is 5.85. The van der Waals surface area contributed by atoms with Crippen LogP contribution in [0.3, 0.4) is 0 Å². The number of imidazole rings is 1. The van der Waals surface area contributed by atoms with Crippen LogP contribution in [0.2, 0.25) is 0 Å². The topological polar surface area (TPSA) is 185 Å². The van der Waals surface area contributed by atoms with E-state index in [1.165, 1.54) is 17.8 Å². The molecule has 5 N–H and O–H groups in total. The number of rotatable bonds is 11. The summed E-state index contributed by atoms with van der Waals surface area (Å²) in [4.78, 5) is 23.0. The maximum Gasteiger partial charge on any atom is 0.459 e. The van der Waals surface area contributed by atoms with Crippen LogP contribution in [0.4, 0.5) is 11.8 Å². The Bertz CT molecular complexity index is 1450. The number of aromatic nitrogens is 4. The highest BCUT2D eigenvalue weighted by Gasteiger charge is 2.56. The van der Waals surface area contributed by atoms with Crippen LogP contribution in [0.25, 0.3) is 11.2 Å². The van der Waals surface area contributed by atoms with Gasteiger partial charge in [-0.1, -0.05) is 35.7 Å². The molecule has 16 heteroatoms. The van der Waals surface area contributed by atoms with Gasteiger partial charge in [0.2, 0.25) is 5.95 Å². The Labute approximate surface area is 235 Å². The summed E-state index contributed by atoms with van der Waals surface area (Å²) in [6, 6.07) is 7.14. The van der Waals surface area contributed by atoms with Gasteiger partial charge in [-0.05, 0) is 26.0 Å². The number of nitrogens with zero attached hydrogens (tertiary/aromatic N) is 4. The van der Waals surface area contributed by atoms with E-state index in [1.54, 1.807) is 44.3 Å². The molecule has 14 nitrogen and oxygen atoms in total. The molecular weight excluding hydrogens is 565 g/mol. The van der Waals surface area contributed by atoms with Crippen LogP contribution in [0.5, 0.6) is 5.75 Å². The van der Waals surface area contributed by atoms with E-state index in [0.29, 0.717) is 11.3 Å². The number of ether oxygens (including phenoxy) is 2. The molecule has 40 heavy (non-hydrogen) atoms. The van der Waals surface area contributed by atoms with Gasteiger partial charge in [0, 0.05) is 7.05 Å². The fourth-order valence-corrected chi connectivity index (χ4v) is 5.83. The number of hydrogen-bond acceptors (Lipinski definition) is 12. The average Bonchev–Trinajstić information content (AvgIpc) is 3.46. The Hall–Kier alpha value is -3.44. The summed E-state index contributed by atoms with van der Waals surface area (Å²) in [6.45, 7) is 2.71. The van der Waals surface area contributed by atoms with Crippen LogP contribution >= 0.6 is 19.3 Å². The number of anilines is 2. The lowest BCUT2D eigenvalue weighted by molar-refractivity contribution is -0.144. The number of nitrogens with two attached hydrogens (primary N) is 1. The van der Waals surface area contributed by atoms with Crippen molar-refractivity contribution >= 4 is 48.2 Å². The number of esters is 1. The molecular formula is C24H29ClN7O7P. The van der Waals surface area contributed by atoms with Gasteiger partial charge in [0.1, 0.15) is 24.0 Å². The zero-order valence-corrected chi connectivity index (χ0v) is 23.5. The first-order chi connectivity index (χ1) is 19.0. The molecule has 0 spiro atoms. The number of carbonyl (C=O) groups excluding carboxylic acids is 1. The van der Waals surface area contributed by atoms with Crippen LogP contribution < -0.4 is 20.7 Å². The molecule has 4 rings (SSSR count). The first-order valence-electron chi connectivity index (χ1n) is 12.2. The van der Waals surface area contributed by atoms with Gasteiger partial charge in [0.05, 0.1) is 19.5 Å². The Kier molecular flexibility index (Phi) is 8.84. The molecule has 6 atom stereocenters. The first kappa shape index (κ1) is 29.5. The number of carbonyl (C=O) groups is 1. The Morgan fingerprint density at radius 1 is 1.40 bits per heavy atom. The van der Waals surface area contributed by atoms with Crippen molar-refractivity contribution in [3.8, 4) is 18.1 Å². The van der Waals surface area contributed by atoms with Crippen molar-refractivity contribution in [1.82, 2.24) is 24.6 Å². The molecule has 0 amide bonds. The molecule has 2 aromatic heterocycles. The zero-order chi connectivity index (χ0) is 29.1. The minimum Gasteiger partial charge on any atom is -0.465 e. The second-order valence-electron chi connectivity index (χ2n) is 8.69. The Balaban J connectivity index is 1.60. The van der Waals surface area contributed by atoms with Crippen molar-refractivity contribution in [2.24, 2.45) is 0 Å². The first-order valence-corrected chi connectivity index (χ1v) is 14.1. The predicted molar refractivity (Wildman–Crippen MR) is 146 cm³/mol. The van der Waals surface area contributed by atoms with E-state index in [0.717, 1.165) is 0 Å². The SMILES string of the molecule is C#C[C@@]1(Cl)[C@H](O)[C@@H](CO[P@](=O)(NC(C)C(=O)OCC)Oc2ccccc2)O[C@H]1n1cnc2c(NC)nc(N)nc21. The third-order valence-corrected chi connectivity index (χ3v) is 8.13. The summed E-state index contributed by atoms with van der Waals surface area (Å²) < 4.78 is 37.5. The molecule has 1 aliphatic heterocycles. The lowest BCUT2D eigenvalue weighted by Crippen LogP contribution is -2.41. The molecule has 1 aromatic carbocycles. The van der Waals surface area contributed by atoms with Crippen molar-refractivity contribution < 1.29 is 33.0 Å². The van der Waals surface area contributed by atoms with E-state index in [9.17, 15) is 14.5 Å². The van der Waals surface area contributed by atoms with Gasteiger partial charge >= 0.3 is 13.7 Å². The van der Waals surface area contributed by atoms with Gasteiger partial charge in [0.15, 0.2) is 28.1 Å². The monoisotopic (exact) mass is 593 g/mol. The summed E-state index contributed by atoms with van der Waals surface area (Å²) >= 11 is 6.73. The van der Waals surface area contributed by atoms with Gasteiger partial charge in [-0.3, -0.25) is 13.9 Å². The van der Waals surface area contributed by atoms with E-state index in [2.05, 4.69) is 31.3 Å². The number of fused-ring (bicyclic) bond motifs is 1. The third-order valence-electron chi connectivity index (χ3n) is 5.96. The number of alkyl halides is 1. The summed E-state index contributed by atoms with van der Waals surface area (Å²) in [5.74, 6) is 2.24. The molecule has 1 saturated heterocycles. The smallest absolute Gasteiger partial charge is 0.459 e. The molecule has 0 saturated carbocycles. The molecule has 3 heterocycles. The van der Waals surface area contributed by atoms with Gasteiger partial charge in [0.25, 0.3) is 0 Å². The van der Waals surface area contributed by atoms with Crippen LogP contribution in [-0.4, -0.2) is 74.0 Å². The molecule has 1 unspecified atom stereocenters. The van der Waals surface area contributed by atoms with E-state index in [1.807, 2.05) is 0 Å².